The Bertz CT molecular complexity index is 508. The highest BCUT2D eigenvalue weighted by molar-refractivity contribution is 5.54. The van der Waals surface area contributed by atoms with Crippen LogP contribution in [0.15, 0.2) is 28.8 Å². The van der Waals surface area contributed by atoms with Gasteiger partial charge in [0, 0.05) is 12.5 Å². The van der Waals surface area contributed by atoms with Crippen LogP contribution in [0.4, 0.5) is 4.39 Å². The molecule has 0 amide bonds. The average molecular weight is 249 g/mol. The molecule has 0 radical (unpaired) electrons. The summed E-state index contributed by atoms with van der Waals surface area (Å²) in [6.45, 7) is 2.08. The number of hydrogen-bond donors (Lipinski definition) is 1. The molecule has 18 heavy (non-hydrogen) atoms. The number of halogens is 1. The molecule has 2 rings (SSSR count). The molecule has 1 N–H and O–H groups in total. The largest absolute Gasteiger partial charge is 0.339 e. The van der Waals surface area contributed by atoms with Gasteiger partial charge in [-0.25, -0.2) is 4.39 Å². The Morgan fingerprint density at radius 1 is 1.39 bits per heavy atom. The van der Waals surface area contributed by atoms with E-state index in [4.69, 9.17) is 4.52 Å². The Balaban J connectivity index is 2.18. The molecule has 0 saturated carbocycles. The van der Waals surface area contributed by atoms with E-state index in [1.165, 1.54) is 6.07 Å². The maximum Gasteiger partial charge on any atom is 0.228 e. The van der Waals surface area contributed by atoms with E-state index in [1.807, 2.05) is 7.05 Å². The molecule has 1 unspecified atom stereocenters. The Morgan fingerprint density at radius 2 is 2.17 bits per heavy atom. The van der Waals surface area contributed by atoms with Crippen molar-refractivity contribution in [1.82, 2.24) is 15.5 Å². The molecule has 96 valence electrons. The second-order valence-corrected chi connectivity index (χ2v) is 4.09. The number of rotatable bonds is 5. The van der Waals surface area contributed by atoms with Gasteiger partial charge in [0.05, 0.1) is 5.56 Å². The van der Waals surface area contributed by atoms with Crippen LogP contribution in [0.25, 0.3) is 11.4 Å². The third-order valence-corrected chi connectivity index (χ3v) is 2.90. The summed E-state index contributed by atoms with van der Waals surface area (Å²) >= 11 is 0. The minimum Gasteiger partial charge on any atom is -0.339 e. The average Bonchev–Trinajstić information content (AvgIpc) is 2.85. The molecular formula is C13H16FN3O. The summed E-state index contributed by atoms with van der Waals surface area (Å²) in [6.07, 6.45) is 1.61. The van der Waals surface area contributed by atoms with E-state index in [0.717, 1.165) is 6.42 Å². The van der Waals surface area contributed by atoms with Gasteiger partial charge < -0.3 is 9.84 Å². The molecule has 1 atom stereocenters. The molecule has 0 fully saturated rings. The van der Waals surface area contributed by atoms with Gasteiger partial charge in [0.1, 0.15) is 5.82 Å². The van der Waals surface area contributed by atoms with Crippen molar-refractivity contribution in [3.05, 3.63) is 36.0 Å². The van der Waals surface area contributed by atoms with Crippen LogP contribution in [-0.2, 0) is 6.42 Å². The molecule has 1 aromatic heterocycles. The fraction of sp³-hybridized carbons (Fsp3) is 0.385. The van der Waals surface area contributed by atoms with Gasteiger partial charge in [-0.1, -0.05) is 24.2 Å². The lowest BCUT2D eigenvalue weighted by Crippen LogP contribution is -2.26. The lowest BCUT2D eigenvalue weighted by molar-refractivity contribution is 0.359. The van der Waals surface area contributed by atoms with E-state index in [1.54, 1.807) is 18.2 Å². The van der Waals surface area contributed by atoms with E-state index < -0.39 is 0 Å². The third-order valence-electron chi connectivity index (χ3n) is 2.90. The van der Waals surface area contributed by atoms with Gasteiger partial charge >= 0.3 is 0 Å². The monoisotopic (exact) mass is 249 g/mol. The molecule has 0 saturated heterocycles. The molecule has 0 aliphatic heterocycles. The lowest BCUT2D eigenvalue weighted by Gasteiger charge is -2.09. The highest BCUT2D eigenvalue weighted by Gasteiger charge is 2.14. The van der Waals surface area contributed by atoms with Crippen molar-refractivity contribution in [3.8, 4) is 11.4 Å². The van der Waals surface area contributed by atoms with Crippen molar-refractivity contribution < 1.29 is 8.91 Å². The van der Waals surface area contributed by atoms with Gasteiger partial charge in [0.25, 0.3) is 0 Å². The van der Waals surface area contributed by atoms with Crippen molar-refractivity contribution in [1.29, 1.82) is 0 Å². The first kappa shape index (κ1) is 12.7. The smallest absolute Gasteiger partial charge is 0.228 e. The summed E-state index contributed by atoms with van der Waals surface area (Å²) < 4.78 is 18.7. The van der Waals surface area contributed by atoms with Gasteiger partial charge in [0.2, 0.25) is 11.7 Å². The standard InChI is InChI=1S/C13H16FN3O/c1-3-9(15-2)8-12-16-13(17-18-12)10-6-4-5-7-11(10)14/h4-7,9,15H,3,8H2,1-2H3. The van der Waals surface area contributed by atoms with Crippen LogP contribution in [0.3, 0.4) is 0 Å². The quantitative estimate of drug-likeness (QED) is 0.884. The van der Waals surface area contributed by atoms with Crippen LogP contribution >= 0.6 is 0 Å². The summed E-state index contributed by atoms with van der Waals surface area (Å²) in [5.41, 5.74) is 0.366. The number of aromatic nitrogens is 2. The fourth-order valence-corrected chi connectivity index (χ4v) is 1.75. The van der Waals surface area contributed by atoms with E-state index in [0.29, 0.717) is 29.7 Å². The molecule has 1 aromatic carbocycles. The van der Waals surface area contributed by atoms with Crippen LogP contribution in [0, 0.1) is 5.82 Å². The zero-order chi connectivity index (χ0) is 13.0. The first-order valence-corrected chi connectivity index (χ1v) is 5.99. The van der Waals surface area contributed by atoms with Crippen LogP contribution in [-0.4, -0.2) is 23.2 Å². The van der Waals surface area contributed by atoms with Crippen molar-refractivity contribution >= 4 is 0 Å². The van der Waals surface area contributed by atoms with Crippen molar-refractivity contribution in [2.45, 2.75) is 25.8 Å². The first-order valence-electron chi connectivity index (χ1n) is 5.99. The van der Waals surface area contributed by atoms with Crippen molar-refractivity contribution in [2.24, 2.45) is 0 Å². The summed E-state index contributed by atoms with van der Waals surface area (Å²) in [5, 5.41) is 6.97. The summed E-state index contributed by atoms with van der Waals surface area (Å²) in [7, 11) is 1.89. The summed E-state index contributed by atoms with van der Waals surface area (Å²) in [6, 6.07) is 6.69. The van der Waals surface area contributed by atoms with E-state index in [2.05, 4.69) is 22.4 Å². The minimum absolute atomic E-state index is 0.291. The highest BCUT2D eigenvalue weighted by Crippen LogP contribution is 2.19. The van der Waals surface area contributed by atoms with Crippen molar-refractivity contribution in [3.63, 3.8) is 0 Å². The molecule has 2 aromatic rings. The Hall–Kier alpha value is -1.75. The highest BCUT2D eigenvalue weighted by atomic mass is 19.1. The maximum absolute atomic E-state index is 13.5. The van der Waals surface area contributed by atoms with Gasteiger partial charge in [0.15, 0.2) is 0 Å². The number of likely N-dealkylation sites (N-methyl/N-ethyl adjacent to an activating group) is 1. The van der Waals surface area contributed by atoms with Crippen molar-refractivity contribution in [2.75, 3.05) is 7.05 Å². The van der Waals surface area contributed by atoms with Crippen LogP contribution in [0.5, 0.6) is 0 Å². The number of benzene rings is 1. The molecule has 0 bridgehead atoms. The van der Waals surface area contributed by atoms with Gasteiger partial charge in [-0.2, -0.15) is 4.98 Å². The van der Waals surface area contributed by atoms with E-state index >= 15 is 0 Å². The summed E-state index contributed by atoms with van der Waals surface area (Å²) in [4.78, 5) is 4.22. The maximum atomic E-state index is 13.5. The zero-order valence-electron chi connectivity index (χ0n) is 10.5. The molecule has 1 heterocycles. The second kappa shape index (κ2) is 5.73. The van der Waals surface area contributed by atoms with Gasteiger partial charge in [-0.05, 0) is 25.6 Å². The molecular weight excluding hydrogens is 233 g/mol. The predicted octanol–water partition coefficient (Wildman–Crippen LogP) is 2.42. The second-order valence-electron chi connectivity index (χ2n) is 4.09. The molecule has 0 aliphatic carbocycles. The molecule has 0 aliphatic rings. The van der Waals surface area contributed by atoms with Gasteiger partial charge in [-0.15, -0.1) is 0 Å². The molecule has 0 spiro atoms. The SMILES string of the molecule is CCC(Cc1nc(-c2ccccc2F)no1)NC. The van der Waals surface area contributed by atoms with Crippen LogP contribution in [0.2, 0.25) is 0 Å². The first-order chi connectivity index (χ1) is 8.74. The Morgan fingerprint density at radius 3 is 2.83 bits per heavy atom. The van der Waals surface area contributed by atoms with Crippen LogP contribution < -0.4 is 5.32 Å². The third kappa shape index (κ3) is 2.73. The summed E-state index contributed by atoms with van der Waals surface area (Å²) in [5.74, 6) is 0.481. The number of nitrogens with zero attached hydrogens (tertiary/aromatic N) is 2. The molecule has 4 nitrogen and oxygen atoms in total. The minimum atomic E-state index is -0.342. The molecule has 5 heteroatoms. The van der Waals surface area contributed by atoms with E-state index in [9.17, 15) is 4.39 Å². The van der Waals surface area contributed by atoms with E-state index in [-0.39, 0.29) is 5.82 Å². The lowest BCUT2D eigenvalue weighted by atomic mass is 10.1. The normalized spacial score (nSPS) is 12.6. The number of nitrogens with one attached hydrogen (secondary N) is 1. The topological polar surface area (TPSA) is 51.0 Å². The van der Waals surface area contributed by atoms with Gasteiger partial charge in [-0.3, -0.25) is 0 Å². The Kier molecular flexibility index (Phi) is 4.04. The predicted molar refractivity (Wildman–Crippen MR) is 66.5 cm³/mol. The Labute approximate surface area is 105 Å². The number of hydrogen-bond acceptors (Lipinski definition) is 4. The zero-order valence-corrected chi connectivity index (χ0v) is 10.5. The van der Waals surface area contributed by atoms with Crippen LogP contribution in [0.1, 0.15) is 19.2 Å². The fourth-order valence-electron chi connectivity index (χ4n) is 1.75.